The molecule has 0 aliphatic rings. The van der Waals surface area contributed by atoms with Gasteiger partial charge < -0.3 is 14.0 Å². The van der Waals surface area contributed by atoms with Crippen LogP contribution in [0.3, 0.4) is 0 Å². The number of carbonyl (C=O) groups excluding carboxylic acids is 1. The third kappa shape index (κ3) is 3.31. The number of rotatable bonds is 5. The van der Waals surface area contributed by atoms with E-state index in [0.717, 1.165) is 6.42 Å². The third-order valence-corrected chi connectivity index (χ3v) is 2.46. The standard InChI is InChI=1S/C13H14N2O4/c1-3-11-14-12(19-15-11)8-18-10-6-4-9(5-7-10)13(16)17-2/h4-7H,3,8H2,1-2H3. The number of methoxy groups -OCH3 is 1. The molecule has 6 heteroatoms. The van der Waals surface area contributed by atoms with Crippen LogP contribution < -0.4 is 4.74 Å². The van der Waals surface area contributed by atoms with E-state index in [2.05, 4.69) is 14.9 Å². The van der Waals surface area contributed by atoms with Crippen LogP contribution in [-0.2, 0) is 17.8 Å². The van der Waals surface area contributed by atoms with Crippen molar-refractivity contribution >= 4 is 5.97 Å². The summed E-state index contributed by atoms with van der Waals surface area (Å²) >= 11 is 0. The largest absolute Gasteiger partial charge is 0.484 e. The van der Waals surface area contributed by atoms with Gasteiger partial charge in [0.2, 0.25) is 0 Å². The minimum atomic E-state index is -0.379. The van der Waals surface area contributed by atoms with Crippen LogP contribution in [0.1, 0.15) is 29.0 Å². The molecule has 0 saturated carbocycles. The summed E-state index contributed by atoms with van der Waals surface area (Å²) < 4.78 is 15.1. The lowest BCUT2D eigenvalue weighted by Gasteiger charge is -2.04. The number of hydrogen-bond acceptors (Lipinski definition) is 6. The van der Waals surface area contributed by atoms with Crippen LogP contribution >= 0.6 is 0 Å². The van der Waals surface area contributed by atoms with E-state index in [0.29, 0.717) is 23.0 Å². The van der Waals surface area contributed by atoms with Crippen LogP contribution in [0.4, 0.5) is 0 Å². The maximum atomic E-state index is 11.2. The van der Waals surface area contributed by atoms with E-state index in [4.69, 9.17) is 9.26 Å². The molecule has 0 spiro atoms. The minimum absolute atomic E-state index is 0.199. The number of hydrogen-bond donors (Lipinski definition) is 0. The summed E-state index contributed by atoms with van der Waals surface area (Å²) in [4.78, 5) is 15.4. The van der Waals surface area contributed by atoms with Crippen molar-refractivity contribution in [3.63, 3.8) is 0 Å². The Hall–Kier alpha value is -2.37. The first-order chi connectivity index (χ1) is 9.22. The highest BCUT2D eigenvalue weighted by molar-refractivity contribution is 5.89. The number of aryl methyl sites for hydroxylation is 1. The van der Waals surface area contributed by atoms with Gasteiger partial charge in [0.05, 0.1) is 12.7 Å². The lowest BCUT2D eigenvalue weighted by molar-refractivity contribution is 0.0600. The molecule has 0 unspecified atom stereocenters. The van der Waals surface area contributed by atoms with Gasteiger partial charge in [0.25, 0.3) is 5.89 Å². The van der Waals surface area contributed by atoms with Gasteiger partial charge in [-0.3, -0.25) is 0 Å². The summed E-state index contributed by atoms with van der Waals surface area (Å²) in [6, 6.07) is 6.63. The van der Waals surface area contributed by atoms with Gasteiger partial charge in [-0.1, -0.05) is 12.1 Å². The second kappa shape index (κ2) is 5.99. The van der Waals surface area contributed by atoms with Gasteiger partial charge >= 0.3 is 5.97 Å². The van der Waals surface area contributed by atoms with E-state index >= 15 is 0 Å². The molecule has 2 rings (SSSR count). The number of nitrogens with zero attached hydrogens (tertiary/aromatic N) is 2. The molecular formula is C13H14N2O4. The first-order valence-electron chi connectivity index (χ1n) is 5.85. The SMILES string of the molecule is CCc1noc(COc2ccc(C(=O)OC)cc2)n1. The van der Waals surface area contributed by atoms with Crippen LogP contribution in [0.2, 0.25) is 0 Å². The highest BCUT2D eigenvalue weighted by atomic mass is 16.5. The third-order valence-electron chi connectivity index (χ3n) is 2.46. The van der Waals surface area contributed by atoms with Gasteiger partial charge in [-0.05, 0) is 24.3 Å². The van der Waals surface area contributed by atoms with Gasteiger partial charge in [-0.15, -0.1) is 0 Å². The summed E-state index contributed by atoms with van der Waals surface area (Å²) in [6.07, 6.45) is 0.720. The molecule has 100 valence electrons. The number of carbonyl (C=O) groups is 1. The molecule has 0 N–H and O–H groups in total. The monoisotopic (exact) mass is 262 g/mol. The average Bonchev–Trinajstić information content (AvgIpc) is 2.93. The Morgan fingerprint density at radius 1 is 1.32 bits per heavy atom. The van der Waals surface area contributed by atoms with Gasteiger partial charge in [-0.2, -0.15) is 4.98 Å². The molecule has 0 atom stereocenters. The van der Waals surface area contributed by atoms with Gasteiger partial charge in [-0.25, -0.2) is 4.79 Å². The van der Waals surface area contributed by atoms with Crippen molar-refractivity contribution in [3.05, 3.63) is 41.5 Å². The first kappa shape index (κ1) is 13.1. The van der Waals surface area contributed by atoms with Crippen LogP contribution in [-0.4, -0.2) is 23.2 Å². The molecule has 0 radical (unpaired) electrons. The van der Waals surface area contributed by atoms with Crippen molar-refractivity contribution in [2.24, 2.45) is 0 Å². The predicted octanol–water partition coefficient (Wildman–Crippen LogP) is 2.00. The van der Waals surface area contributed by atoms with Gasteiger partial charge in [0, 0.05) is 6.42 Å². The van der Waals surface area contributed by atoms with E-state index in [9.17, 15) is 4.79 Å². The molecule has 6 nitrogen and oxygen atoms in total. The fourth-order valence-corrected chi connectivity index (χ4v) is 1.44. The summed E-state index contributed by atoms with van der Waals surface area (Å²) in [6.45, 7) is 2.14. The zero-order valence-corrected chi connectivity index (χ0v) is 10.8. The molecule has 0 amide bonds. The van der Waals surface area contributed by atoms with Crippen LogP contribution in [0.5, 0.6) is 5.75 Å². The van der Waals surface area contributed by atoms with Crippen LogP contribution in [0, 0.1) is 0 Å². The lowest BCUT2D eigenvalue weighted by atomic mass is 10.2. The number of aromatic nitrogens is 2. The van der Waals surface area contributed by atoms with Crippen LogP contribution in [0.25, 0.3) is 0 Å². The van der Waals surface area contributed by atoms with Crippen molar-refractivity contribution in [2.75, 3.05) is 7.11 Å². The van der Waals surface area contributed by atoms with Crippen molar-refractivity contribution in [3.8, 4) is 5.75 Å². The Morgan fingerprint density at radius 2 is 2.05 bits per heavy atom. The highest BCUT2D eigenvalue weighted by Crippen LogP contribution is 2.14. The summed E-state index contributed by atoms with van der Waals surface area (Å²) in [5.41, 5.74) is 0.473. The Balaban J connectivity index is 1.94. The molecule has 1 aromatic carbocycles. The van der Waals surface area contributed by atoms with Crippen molar-refractivity contribution in [1.29, 1.82) is 0 Å². The molecule has 2 aromatic rings. The highest BCUT2D eigenvalue weighted by Gasteiger charge is 2.07. The molecule has 1 heterocycles. The smallest absolute Gasteiger partial charge is 0.337 e. The summed E-state index contributed by atoms with van der Waals surface area (Å²) in [5, 5.41) is 3.77. The summed E-state index contributed by atoms with van der Waals surface area (Å²) in [7, 11) is 1.34. The Labute approximate surface area is 110 Å². The zero-order chi connectivity index (χ0) is 13.7. The van der Waals surface area contributed by atoms with Crippen molar-refractivity contribution < 1.29 is 18.8 Å². The average molecular weight is 262 g/mol. The number of ether oxygens (including phenoxy) is 2. The first-order valence-corrected chi connectivity index (χ1v) is 5.85. The van der Waals surface area contributed by atoms with E-state index < -0.39 is 0 Å². The molecule has 0 aliphatic carbocycles. The molecule has 0 saturated heterocycles. The zero-order valence-electron chi connectivity index (χ0n) is 10.8. The Kier molecular flexibility index (Phi) is 4.12. The Bertz CT molecular complexity index is 548. The Morgan fingerprint density at radius 3 is 2.63 bits per heavy atom. The maximum Gasteiger partial charge on any atom is 0.337 e. The van der Waals surface area contributed by atoms with E-state index in [1.54, 1.807) is 24.3 Å². The van der Waals surface area contributed by atoms with Crippen molar-refractivity contribution in [1.82, 2.24) is 10.1 Å². The molecule has 0 aliphatic heterocycles. The second-order valence-corrected chi connectivity index (χ2v) is 3.76. The van der Waals surface area contributed by atoms with Crippen LogP contribution in [0.15, 0.2) is 28.8 Å². The van der Waals surface area contributed by atoms with Gasteiger partial charge in [0.1, 0.15) is 5.75 Å². The fraction of sp³-hybridized carbons (Fsp3) is 0.308. The van der Waals surface area contributed by atoms with E-state index in [1.807, 2.05) is 6.92 Å². The second-order valence-electron chi connectivity index (χ2n) is 3.76. The molecule has 1 aromatic heterocycles. The normalized spacial score (nSPS) is 10.2. The number of benzene rings is 1. The predicted molar refractivity (Wildman–Crippen MR) is 65.8 cm³/mol. The maximum absolute atomic E-state index is 11.2. The summed E-state index contributed by atoms with van der Waals surface area (Å²) in [5.74, 6) is 1.31. The number of esters is 1. The molecule has 19 heavy (non-hydrogen) atoms. The lowest BCUT2D eigenvalue weighted by Crippen LogP contribution is -2.01. The quantitative estimate of drug-likeness (QED) is 0.767. The minimum Gasteiger partial charge on any atom is -0.484 e. The van der Waals surface area contributed by atoms with Gasteiger partial charge in [0.15, 0.2) is 12.4 Å². The fourth-order valence-electron chi connectivity index (χ4n) is 1.44. The van der Waals surface area contributed by atoms with Crippen molar-refractivity contribution in [2.45, 2.75) is 20.0 Å². The van der Waals surface area contributed by atoms with E-state index in [-0.39, 0.29) is 12.6 Å². The topological polar surface area (TPSA) is 74.5 Å². The molecular weight excluding hydrogens is 248 g/mol. The van der Waals surface area contributed by atoms with E-state index in [1.165, 1.54) is 7.11 Å². The molecule has 0 bridgehead atoms. The molecule has 0 fully saturated rings.